The van der Waals surface area contributed by atoms with Gasteiger partial charge in [0.25, 0.3) is 0 Å². The van der Waals surface area contributed by atoms with Crippen molar-refractivity contribution in [2.24, 2.45) is 0 Å². The number of likely N-dealkylation sites (N-methyl/N-ethyl adjacent to an activating group) is 1. The smallest absolute Gasteiger partial charge is 0.238 e. The molecule has 5 nitrogen and oxygen atoms in total. The lowest BCUT2D eigenvalue weighted by Gasteiger charge is -2.14. The molecule has 0 saturated carbocycles. The summed E-state index contributed by atoms with van der Waals surface area (Å²) < 4.78 is 0. The molecule has 2 N–H and O–H groups in total. The molecule has 27 heavy (non-hydrogen) atoms. The first-order chi connectivity index (χ1) is 12.4. The Morgan fingerprint density at radius 1 is 0.926 bits per heavy atom. The molecule has 0 fully saturated rings. The second kappa shape index (κ2) is 11.4. The Hall–Kier alpha value is -2.37. The molecule has 0 spiro atoms. The molecule has 0 radical (unpaired) electrons. The summed E-state index contributed by atoms with van der Waals surface area (Å²) in [5.41, 5.74) is 2.86. The second-order valence-corrected chi connectivity index (χ2v) is 6.82. The fraction of sp³-hybridized carbons (Fsp3) is 0.333. The number of anilines is 1. The van der Waals surface area contributed by atoms with E-state index >= 15 is 0 Å². The fourth-order valence-electron chi connectivity index (χ4n) is 2.72. The van der Waals surface area contributed by atoms with E-state index in [1.165, 1.54) is 5.56 Å². The van der Waals surface area contributed by atoms with Gasteiger partial charge in [-0.2, -0.15) is 0 Å². The number of amides is 2. The largest absolute Gasteiger partial charge is 0.353 e. The summed E-state index contributed by atoms with van der Waals surface area (Å²) >= 11 is 0. The molecule has 2 rings (SSSR count). The van der Waals surface area contributed by atoms with Crippen LogP contribution in [0.15, 0.2) is 54.6 Å². The summed E-state index contributed by atoms with van der Waals surface area (Å²) in [5.74, 6) is -0.0620. The Balaban J connectivity index is 0.00000364. The first-order valence-corrected chi connectivity index (χ1v) is 8.79. The summed E-state index contributed by atoms with van der Waals surface area (Å²) in [7, 11) is 3.69. The molecule has 146 valence electrons. The molecular weight excluding hydrogens is 362 g/mol. The Morgan fingerprint density at radius 3 is 2.15 bits per heavy atom. The highest BCUT2D eigenvalue weighted by Gasteiger charge is 2.09. The Kier molecular flexibility index (Phi) is 9.54. The maximum atomic E-state index is 12.2. The molecule has 0 aliphatic carbocycles. The van der Waals surface area contributed by atoms with Crippen LogP contribution in [0.4, 0.5) is 5.69 Å². The van der Waals surface area contributed by atoms with Gasteiger partial charge in [-0.1, -0.05) is 42.5 Å². The summed E-state index contributed by atoms with van der Waals surface area (Å²) in [5, 5.41) is 5.86. The number of carbonyl (C=O) groups is 2. The molecule has 0 saturated heterocycles. The van der Waals surface area contributed by atoms with Crippen LogP contribution in [0.1, 0.15) is 18.1 Å². The van der Waals surface area contributed by atoms with Crippen molar-refractivity contribution < 1.29 is 9.59 Å². The minimum absolute atomic E-state index is 0. The van der Waals surface area contributed by atoms with E-state index in [0.29, 0.717) is 13.0 Å². The van der Waals surface area contributed by atoms with Crippen molar-refractivity contribution in [2.45, 2.75) is 25.8 Å². The molecule has 0 heterocycles. The van der Waals surface area contributed by atoms with Crippen LogP contribution in [0, 0.1) is 0 Å². The number of hydrogen-bond acceptors (Lipinski definition) is 3. The average molecular weight is 390 g/mol. The van der Waals surface area contributed by atoms with E-state index in [9.17, 15) is 9.59 Å². The number of carbonyl (C=O) groups excluding carboxylic acids is 2. The van der Waals surface area contributed by atoms with E-state index in [1.807, 2.05) is 68.4 Å². The third-order valence-electron chi connectivity index (χ3n) is 3.85. The highest BCUT2D eigenvalue weighted by molar-refractivity contribution is 5.92. The van der Waals surface area contributed by atoms with E-state index in [2.05, 4.69) is 22.8 Å². The Bertz CT molecular complexity index is 718. The van der Waals surface area contributed by atoms with E-state index in [-0.39, 0.29) is 30.3 Å². The minimum Gasteiger partial charge on any atom is -0.353 e. The van der Waals surface area contributed by atoms with Gasteiger partial charge in [0.15, 0.2) is 0 Å². The molecule has 2 amide bonds. The normalized spacial score (nSPS) is 11.4. The minimum atomic E-state index is -0.0600. The lowest BCUT2D eigenvalue weighted by molar-refractivity contribution is -0.121. The zero-order valence-electron chi connectivity index (χ0n) is 16.1. The van der Waals surface area contributed by atoms with Gasteiger partial charge in [-0.3, -0.25) is 9.59 Å². The van der Waals surface area contributed by atoms with Crippen molar-refractivity contribution in [3.63, 3.8) is 0 Å². The standard InChI is InChI=1S/C21H27N3O2.ClH/c1-16(13-17-7-5-4-6-8-17)22-20(25)14-18-9-11-19(12-10-18)23-21(26)15-24(2)3;/h4-12,16H,13-15H2,1-3H3,(H,22,25)(H,23,26);1H. The van der Waals surface area contributed by atoms with Crippen molar-refractivity contribution in [1.82, 2.24) is 10.2 Å². The number of rotatable bonds is 8. The molecule has 2 aromatic carbocycles. The van der Waals surface area contributed by atoms with E-state index in [4.69, 9.17) is 0 Å². The van der Waals surface area contributed by atoms with Crippen LogP contribution in [-0.4, -0.2) is 43.4 Å². The number of nitrogens with zero attached hydrogens (tertiary/aromatic N) is 1. The van der Waals surface area contributed by atoms with Gasteiger partial charge in [0, 0.05) is 11.7 Å². The summed E-state index contributed by atoms with van der Waals surface area (Å²) in [6, 6.07) is 17.6. The summed E-state index contributed by atoms with van der Waals surface area (Å²) in [6.45, 7) is 2.34. The topological polar surface area (TPSA) is 61.4 Å². The Labute approximate surface area is 167 Å². The molecule has 6 heteroatoms. The monoisotopic (exact) mass is 389 g/mol. The van der Waals surface area contributed by atoms with E-state index in [0.717, 1.165) is 17.7 Å². The fourth-order valence-corrected chi connectivity index (χ4v) is 2.72. The molecule has 0 bridgehead atoms. The van der Waals surface area contributed by atoms with Gasteiger partial charge in [-0.25, -0.2) is 0 Å². The van der Waals surface area contributed by atoms with Crippen LogP contribution >= 0.6 is 12.4 Å². The van der Waals surface area contributed by atoms with Crippen molar-refractivity contribution in [3.8, 4) is 0 Å². The summed E-state index contributed by atoms with van der Waals surface area (Å²) in [6.07, 6.45) is 1.13. The van der Waals surface area contributed by atoms with Gasteiger partial charge < -0.3 is 15.5 Å². The van der Waals surface area contributed by atoms with Crippen molar-refractivity contribution in [3.05, 3.63) is 65.7 Å². The SMILES string of the molecule is CC(Cc1ccccc1)NC(=O)Cc1ccc(NC(=O)CN(C)C)cc1.Cl. The van der Waals surface area contributed by atoms with Crippen LogP contribution in [-0.2, 0) is 22.4 Å². The lowest BCUT2D eigenvalue weighted by Crippen LogP contribution is -2.35. The van der Waals surface area contributed by atoms with Crippen LogP contribution in [0.3, 0.4) is 0 Å². The first-order valence-electron chi connectivity index (χ1n) is 8.79. The molecular formula is C21H28ClN3O2. The Morgan fingerprint density at radius 2 is 1.56 bits per heavy atom. The van der Waals surface area contributed by atoms with Crippen molar-refractivity contribution in [1.29, 1.82) is 0 Å². The van der Waals surface area contributed by atoms with E-state index < -0.39 is 0 Å². The molecule has 1 atom stereocenters. The van der Waals surface area contributed by atoms with Crippen LogP contribution in [0.25, 0.3) is 0 Å². The zero-order chi connectivity index (χ0) is 18.9. The van der Waals surface area contributed by atoms with Crippen molar-refractivity contribution in [2.75, 3.05) is 26.0 Å². The van der Waals surface area contributed by atoms with Gasteiger partial charge in [-0.15, -0.1) is 12.4 Å². The molecule has 2 aromatic rings. The van der Waals surface area contributed by atoms with Gasteiger partial charge in [0.2, 0.25) is 11.8 Å². The van der Waals surface area contributed by atoms with Gasteiger partial charge >= 0.3 is 0 Å². The van der Waals surface area contributed by atoms with Crippen LogP contribution in [0.5, 0.6) is 0 Å². The maximum Gasteiger partial charge on any atom is 0.238 e. The molecule has 0 aliphatic rings. The predicted octanol–water partition coefficient (Wildman–Crippen LogP) is 2.90. The highest BCUT2D eigenvalue weighted by Crippen LogP contribution is 2.10. The van der Waals surface area contributed by atoms with Gasteiger partial charge in [-0.05, 0) is 50.7 Å². The number of halogens is 1. The number of nitrogens with one attached hydrogen (secondary N) is 2. The van der Waals surface area contributed by atoms with Gasteiger partial charge in [0.05, 0.1) is 13.0 Å². The van der Waals surface area contributed by atoms with Crippen LogP contribution < -0.4 is 10.6 Å². The summed E-state index contributed by atoms with van der Waals surface area (Å²) in [4.78, 5) is 25.8. The van der Waals surface area contributed by atoms with E-state index in [1.54, 1.807) is 0 Å². The maximum absolute atomic E-state index is 12.2. The molecule has 0 aliphatic heterocycles. The first kappa shape index (κ1) is 22.7. The third kappa shape index (κ3) is 8.71. The predicted molar refractivity (Wildman–Crippen MR) is 112 cm³/mol. The lowest BCUT2D eigenvalue weighted by atomic mass is 10.1. The molecule has 1 unspecified atom stereocenters. The van der Waals surface area contributed by atoms with Gasteiger partial charge in [0.1, 0.15) is 0 Å². The number of benzene rings is 2. The van der Waals surface area contributed by atoms with Crippen molar-refractivity contribution >= 4 is 29.9 Å². The molecule has 0 aromatic heterocycles. The average Bonchev–Trinajstić information content (AvgIpc) is 2.56. The highest BCUT2D eigenvalue weighted by atomic mass is 35.5. The number of hydrogen-bond donors (Lipinski definition) is 2. The third-order valence-corrected chi connectivity index (χ3v) is 3.85. The quantitative estimate of drug-likeness (QED) is 0.729. The van der Waals surface area contributed by atoms with Crippen LogP contribution in [0.2, 0.25) is 0 Å². The second-order valence-electron chi connectivity index (χ2n) is 6.82. The zero-order valence-corrected chi connectivity index (χ0v) is 16.9.